The first kappa shape index (κ1) is 16.8. The Balaban J connectivity index is 2.20. The fraction of sp³-hybridized carbons (Fsp3) is 0.333. The maximum atomic E-state index is 12.3. The molecule has 1 aromatic carbocycles. The van der Waals surface area contributed by atoms with E-state index in [0.717, 1.165) is 0 Å². The highest BCUT2D eigenvalue weighted by molar-refractivity contribution is 6.00. The Morgan fingerprint density at radius 1 is 1.48 bits per heavy atom. The number of nitrogens with zero attached hydrogens (tertiary/aromatic N) is 1. The zero-order chi connectivity index (χ0) is 17.4. The molecule has 0 bridgehead atoms. The van der Waals surface area contributed by atoms with Gasteiger partial charge in [0.1, 0.15) is 5.41 Å². The molecule has 0 saturated carbocycles. The maximum Gasteiger partial charge on any atom is 0.269 e. The van der Waals surface area contributed by atoms with Gasteiger partial charge in [0, 0.05) is 18.6 Å². The molecule has 8 heteroatoms. The lowest BCUT2D eigenvalue weighted by atomic mass is 9.66. The lowest BCUT2D eigenvalue weighted by molar-refractivity contribution is -0.384. The van der Waals surface area contributed by atoms with E-state index in [9.17, 15) is 29.9 Å². The third-order valence-electron chi connectivity index (χ3n) is 4.24. The average Bonchev–Trinajstić information content (AvgIpc) is 2.51. The monoisotopic (exact) mass is 320 g/mol. The van der Waals surface area contributed by atoms with Gasteiger partial charge in [-0.25, -0.2) is 0 Å². The standard InChI is InChI=1S/C15H16N2O6/c1-3-11-14(2,13(19)16-11)15(20,21)12(18)8-9-4-6-10(7-5-9)17(22)23/h3-7,11,20-21H,1,8H2,2H3,(H,16,19). The van der Waals surface area contributed by atoms with Crippen LogP contribution in [-0.2, 0) is 16.0 Å². The number of nitro benzene ring substituents is 1. The Labute approximate surface area is 131 Å². The molecule has 1 fully saturated rings. The van der Waals surface area contributed by atoms with Gasteiger partial charge >= 0.3 is 0 Å². The van der Waals surface area contributed by atoms with Crippen LogP contribution in [0.25, 0.3) is 0 Å². The molecule has 0 aliphatic carbocycles. The van der Waals surface area contributed by atoms with Gasteiger partial charge in [0.2, 0.25) is 11.7 Å². The minimum Gasteiger partial charge on any atom is -0.359 e. The zero-order valence-corrected chi connectivity index (χ0v) is 12.4. The summed E-state index contributed by atoms with van der Waals surface area (Å²) < 4.78 is 0. The minimum atomic E-state index is -2.88. The second-order valence-corrected chi connectivity index (χ2v) is 5.58. The number of nitro groups is 1. The third kappa shape index (κ3) is 2.51. The Bertz CT molecular complexity index is 682. The highest BCUT2D eigenvalue weighted by Crippen LogP contribution is 2.41. The van der Waals surface area contributed by atoms with Gasteiger partial charge in [-0.3, -0.25) is 19.7 Å². The molecular weight excluding hydrogens is 304 g/mol. The molecular formula is C15H16N2O6. The molecule has 8 nitrogen and oxygen atoms in total. The van der Waals surface area contributed by atoms with Crippen LogP contribution < -0.4 is 5.32 Å². The van der Waals surface area contributed by atoms with Crippen LogP contribution in [0.5, 0.6) is 0 Å². The van der Waals surface area contributed by atoms with Crippen molar-refractivity contribution < 1.29 is 24.7 Å². The fourth-order valence-corrected chi connectivity index (χ4v) is 2.50. The number of β-lactam (4-membered cyclic amide) rings is 1. The van der Waals surface area contributed by atoms with Crippen molar-refractivity contribution in [3.63, 3.8) is 0 Å². The number of benzene rings is 1. The van der Waals surface area contributed by atoms with Gasteiger partial charge in [0.05, 0.1) is 11.0 Å². The van der Waals surface area contributed by atoms with E-state index in [1.165, 1.54) is 37.3 Å². The summed E-state index contributed by atoms with van der Waals surface area (Å²) in [7, 11) is 0. The molecule has 23 heavy (non-hydrogen) atoms. The molecule has 2 rings (SSSR count). The highest BCUT2D eigenvalue weighted by atomic mass is 16.6. The van der Waals surface area contributed by atoms with Crippen LogP contribution in [0.3, 0.4) is 0 Å². The Morgan fingerprint density at radius 2 is 2.04 bits per heavy atom. The molecule has 2 atom stereocenters. The Morgan fingerprint density at radius 3 is 2.48 bits per heavy atom. The van der Waals surface area contributed by atoms with Crippen LogP contribution in [0.4, 0.5) is 5.69 Å². The number of non-ortho nitro benzene ring substituents is 1. The second kappa shape index (κ2) is 5.56. The number of ketones is 1. The zero-order valence-electron chi connectivity index (χ0n) is 12.4. The van der Waals surface area contributed by atoms with Crippen LogP contribution in [0.15, 0.2) is 36.9 Å². The van der Waals surface area contributed by atoms with Gasteiger partial charge in [0.25, 0.3) is 5.69 Å². The van der Waals surface area contributed by atoms with E-state index in [1.807, 2.05) is 0 Å². The van der Waals surface area contributed by atoms with Crippen LogP contribution in [0, 0.1) is 15.5 Å². The van der Waals surface area contributed by atoms with E-state index < -0.39 is 33.9 Å². The number of aliphatic hydroxyl groups is 2. The van der Waals surface area contributed by atoms with Gasteiger partial charge in [-0.05, 0) is 12.5 Å². The maximum absolute atomic E-state index is 12.3. The number of carbonyl (C=O) groups is 2. The molecule has 0 aromatic heterocycles. The van der Waals surface area contributed by atoms with E-state index in [4.69, 9.17) is 0 Å². The topological polar surface area (TPSA) is 130 Å². The van der Waals surface area contributed by atoms with E-state index in [1.54, 1.807) is 0 Å². The SMILES string of the molecule is C=CC1NC(=O)C1(C)C(O)(O)C(=O)Cc1ccc([N+](=O)[O-])cc1. The largest absolute Gasteiger partial charge is 0.359 e. The molecule has 1 aliphatic heterocycles. The summed E-state index contributed by atoms with van der Waals surface area (Å²) in [5.41, 5.74) is -1.50. The predicted octanol–water partition coefficient (Wildman–Crippen LogP) is 0.0780. The highest BCUT2D eigenvalue weighted by Gasteiger charge is 2.65. The molecule has 122 valence electrons. The van der Waals surface area contributed by atoms with Crippen molar-refractivity contribution in [1.82, 2.24) is 5.32 Å². The third-order valence-corrected chi connectivity index (χ3v) is 4.24. The van der Waals surface area contributed by atoms with Gasteiger partial charge < -0.3 is 15.5 Å². The average molecular weight is 320 g/mol. The number of carbonyl (C=O) groups excluding carboxylic acids is 2. The normalized spacial score (nSPS) is 23.6. The van der Waals surface area contributed by atoms with Gasteiger partial charge in [-0.1, -0.05) is 18.2 Å². The number of hydrogen-bond donors (Lipinski definition) is 3. The molecule has 0 spiro atoms. The fourth-order valence-electron chi connectivity index (χ4n) is 2.50. The van der Waals surface area contributed by atoms with E-state index in [2.05, 4.69) is 11.9 Å². The lowest BCUT2D eigenvalue weighted by Crippen LogP contribution is -2.76. The van der Waals surface area contributed by atoms with Crippen molar-refractivity contribution in [2.75, 3.05) is 0 Å². The Kier molecular flexibility index (Phi) is 4.06. The molecule has 1 heterocycles. The Hall–Kier alpha value is -2.58. The van der Waals surface area contributed by atoms with Crippen molar-refractivity contribution in [3.05, 3.63) is 52.6 Å². The number of rotatable bonds is 6. The number of amides is 1. The second-order valence-electron chi connectivity index (χ2n) is 5.58. The summed E-state index contributed by atoms with van der Waals surface area (Å²) in [5.74, 6) is -4.52. The molecule has 3 N–H and O–H groups in total. The van der Waals surface area contributed by atoms with Crippen LogP contribution in [0.2, 0.25) is 0 Å². The van der Waals surface area contributed by atoms with Gasteiger partial charge in [0.15, 0.2) is 5.78 Å². The first-order valence-electron chi connectivity index (χ1n) is 6.79. The summed E-state index contributed by atoms with van der Waals surface area (Å²) in [6.45, 7) is 4.75. The van der Waals surface area contributed by atoms with Gasteiger partial charge in [-0.2, -0.15) is 0 Å². The first-order valence-corrected chi connectivity index (χ1v) is 6.79. The predicted molar refractivity (Wildman–Crippen MR) is 79.2 cm³/mol. The van der Waals surface area contributed by atoms with Crippen molar-refractivity contribution in [3.8, 4) is 0 Å². The van der Waals surface area contributed by atoms with Gasteiger partial charge in [-0.15, -0.1) is 6.58 Å². The molecule has 1 amide bonds. The molecule has 2 unspecified atom stereocenters. The van der Waals surface area contributed by atoms with E-state index in [0.29, 0.717) is 5.56 Å². The lowest BCUT2D eigenvalue weighted by Gasteiger charge is -2.50. The van der Waals surface area contributed by atoms with Crippen molar-refractivity contribution in [2.24, 2.45) is 5.41 Å². The molecule has 0 radical (unpaired) electrons. The summed E-state index contributed by atoms with van der Waals surface area (Å²) in [4.78, 5) is 34.0. The summed E-state index contributed by atoms with van der Waals surface area (Å²) in [6, 6.07) is 4.37. The number of hydrogen-bond acceptors (Lipinski definition) is 6. The quantitative estimate of drug-likeness (QED) is 0.224. The van der Waals surface area contributed by atoms with Crippen molar-refractivity contribution in [2.45, 2.75) is 25.2 Å². The summed E-state index contributed by atoms with van der Waals surface area (Å²) in [5, 5.41) is 33.5. The number of nitrogens with one attached hydrogen (secondary N) is 1. The smallest absolute Gasteiger partial charge is 0.269 e. The van der Waals surface area contributed by atoms with Crippen molar-refractivity contribution in [1.29, 1.82) is 0 Å². The first-order chi connectivity index (χ1) is 10.6. The minimum absolute atomic E-state index is 0.141. The molecule has 1 aromatic rings. The molecule has 1 aliphatic rings. The van der Waals surface area contributed by atoms with E-state index in [-0.39, 0.29) is 12.1 Å². The van der Waals surface area contributed by atoms with E-state index >= 15 is 0 Å². The van der Waals surface area contributed by atoms with Crippen molar-refractivity contribution >= 4 is 17.4 Å². The molecule has 1 saturated heterocycles. The number of Topliss-reactive ketones (excluding diaryl/α,β-unsaturated/α-hetero) is 1. The van der Waals surface area contributed by atoms with Crippen LogP contribution in [-0.4, -0.2) is 38.7 Å². The van der Waals surface area contributed by atoms with Crippen LogP contribution >= 0.6 is 0 Å². The van der Waals surface area contributed by atoms with Crippen LogP contribution in [0.1, 0.15) is 12.5 Å². The summed E-state index contributed by atoms with van der Waals surface area (Å²) >= 11 is 0. The summed E-state index contributed by atoms with van der Waals surface area (Å²) in [6.07, 6.45) is 0.944.